The van der Waals surface area contributed by atoms with Crippen molar-refractivity contribution < 1.29 is 14.7 Å². The van der Waals surface area contributed by atoms with Crippen LogP contribution in [0.1, 0.15) is 59.3 Å². The van der Waals surface area contributed by atoms with Crippen molar-refractivity contribution in [1.82, 2.24) is 9.80 Å². The Kier molecular flexibility index (Phi) is 4.79. The fourth-order valence-corrected chi connectivity index (χ4v) is 3.64. The summed E-state index contributed by atoms with van der Waals surface area (Å²) in [5.74, 6) is -0.488. The van der Waals surface area contributed by atoms with Gasteiger partial charge in [0.25, 0.3) is 0 Å². The molecule has 120 valence electrons. The minimum atomic E-state index is -1.04. The molecule has 1 atom stereocenters. The van der Waals surface area contributed by atoms with E-state index >= 15 is 0 Å². The smallest absolute Gasteiger partial charge is 0.329 e. The largest absolute Gasteiger partial charge is 0.480 e. The Morgan fingerprint density at radius 1 is 1.29 bits per heavy atom. The maximum atomic E-state index is 13.0. The molecule has 2 rings (SSSR count). The van der Waals surface area contributed by atoms with E-state index in [2.05, 4.69) is 13.8 Å². The van der Waals surface area contributed by atoms with E-state index < -0.39 is 11.5 Å². The molecule has 21 heavy (non-hydrogen) atoms. The van der Waals surface area contributed by atoms with Crippen molar-refractivity contribution in [3.8, 4) is 0 Å². The van der Waals surface area contributed by atoms with E-state index in [1.807, 2.05) is 4.90 Å². The number of hydrogen-bond donors (Lipinski definition) is 1. The highest BCUT2D eigenvalue weighted by molar-refractivity contribution is 5.86. The van der Waals surface area contributed by atoms with Gasteiger partial charge in [0.2, 0.25) is 0 Å². The minimum absolute atomic E-state index is 0.0713. The van der Waals surface area contributed by atoms with Gasteiger partial charge in [-0.3, -0.25) is 0 Å². The third-order valence-corrected chi connectivity index (χ3v) is 4.91. The lowest BCUT2D eigenvalue weighted by atomic mass is 9.99. The van der Waals surface area contributed by atoms with Crippen LogP contribution >= 0.6 is 0 Å². The molecule has 0 spiro atoms. The van der Waals surface area contributed by atoms with E-state index in [-0.39, 0.29) is 6.03 Å². The lowest BCUT2D eigenvalue weighted by Crippen LogP contribution is -2.57. The summed E-state index contributed by atoms with van der Waals surface area (Å²) in [4.78, 5) is 28.1. The number of urea groups is 1. The number of aliphatic carboxylic acids is 1. The molecule has 1 aliphatic heterocycles. The fraction of sp³-hybridized carbons (Fsp3) is 0.875. The Bertz CT molecular complexity index is 404. The maximum Gasteiger partial charge on any atom is 0.329 e. The van der Waals surface area contributed by atoms with Crippen molar-refractivity contribution in [1.29, 1.82) is 0 Å². The van der Waals surface area contributed by atoms with Gasteiger partial charge in [0.05, 0.1) is 0 Å². The summed E-state index contributed by atoms with van der Waals surface area (Å²) >= 11 is 0. The molecule has 2 fully saturated rings. The van der Waals surface area contributed by atoms with Crippen LogP contribution in [-0.2, 0) is 4.79 Å². The van der Waals surface area contributed by atoms with Crippen molar-refractivity contribution >= 4 is 12.0 Å². The summed E-state index contributed by atoms with van der Waals surface area (Å²) in [5.41, 5.74) is -1.04. The van der Waals surface area contributed by atoms with Crippen molar-refractivity contribution in [3.05, 3.63) is 0 Å². The third-order valence-electron chi connectivity index (χ3n) is 4.91. The molecule has 1 aliphatic carbocycles. The highest BCUT2D eigenvalue weighted by atomic mass is 16.4. The predicted molar refractivity (Wildman–Crippen MR) is 81.2 cm³/mol. The lowest BCUT2D eigenvalue weighted by molar-refractivity contribution is -0.147. The van der Waals surface area contributed by atoms with Gasteiger partial charge >= 0.3 is 12.0 Å². The molecule has 5 heteroatoms. The molecule has 0 bridgehead atoms. The van der Waals surface area contributed by atoms with Gasteiger partial charge in [-0.1, -0.05) is 26.7 Å². The summed E-state index contributed by atoms with van der Waals surface area (Å²) in [6, 6.07) is 0.219. The van der Waals surface area contributed by atoms with Crippen LogP contribution in [0.4, 0.5) is 4.79 Å². The number of carbonyl (C=O) groups is 2. The first-order chi connectivity index (χ1) is 9.86. The van der Waals surface area contributed by atoms with E-state index in [1.54, 1.807) is 11.8 Å². The van der Waals surface area contributed by atoms with E-state index in [0.717, 1.165) is 25.8 Å². The van der Waals surface area contributed by atoms with Crippen LogP contribution in [0.3, 0.4) is 0 Å². The normalized spacial score (nSPS) is 26.6. The fourth-order valence-electron chi connectivity index (χ4n) is 3.64. The van der Waals surface area contributed by atoms with Gasteiger partial charge in [-0.05, 0) is 38.5 Å². The molecule has 0 aromatic heterocycles. The van der Waals surface area contributed by atoms with E-state index in [4.69, 9.17) is 0 Å². The molecule has 1 N–H and O–H groups in total. The molecule has 1 unspecified atom stereocenters. The maximum absolute atomic E-state index is 13.0. The number of nitrogens with zero attached hydrogens (tertiary/aromatic N) is 2. The monoisotopic (exact) mass is 296 g/mol. The quantitative estimate of drug-likeness (QED) is 0.867. The Labute approximate surface area is 127 Å². The number of carboxylic acids is 1. The molecule has 0 radical (unpaired) electrons. The predicted octanol–water partition coefficient (Wildman–Crippen LogP) is 2.95. The summed E-state index contributed by atoms with van der Waals surface area (Å²) in [7, 11) is 0. The Morgan fingerprint density at radius 3 is 2.43 bits per heavy atom. The molecular weight excluding hydrogens is 268 g/mol. The Morgan fingerprint density at radius 2 is 1.90 bits per heavy atom. The average Bonchev–Trinajstić information content (AvgIpc) is 3.04. The molecule has 1 heterocycles. The van der Waals surface area contributed by atoms with Gasteiger partial charge in [-0.2, -0.15) is 0 Å². The number of likely N-dealkylation sites (tertiary alicyclic amines) is 1. The zero-order valence-electron chi connectivity index (χ0n) is 13.5. The number of carboxylic acid groups (broad SMARTS) is 1. The first kappa shape index (κ1) is 16.1. The Balaban J connectivity index is 2.18. The number of hydrogen-bond acceptors (Lipinski definition) is 2. The van der Waals surface area contributed by atoms with Gasteiger partial charge in [-0.25, -0.2) is 9.59 Å². The second-order valence-corrected chi connectivity index (χ2v) is 7.10. The van der Waals surface area contributed by atoms with E-state index in [0.29, 0.717) is 24.9 Å². The Hall–Kier alpha value is -1.26. The van der Waals surface area contributed by atoms with Crippen LogP contribution in [0.2, 0.25) is 0 Å². The van der Waals surface area contributed by atoms with Crippen LogP contribution in [-0.4, -0.2) is 51.6 Å². The minimum Gasteiger partial charge on any atom is -0.480 e. The number of rotatable bonds is 4. The van der Waals surface area contributed by atoms with E-state index in [9.17, 15) is 14.7 Å². The van der Waals surface area contributed by atoms with Gasteiger partial charge < -0.3 is 14.9 Å². The zero-order valence-corrected chi connectivity index (χ0v) is 13.5. The van der Waals surface area contributed by atoms with Crippen LogP contribution in [0.25, 0.3) is 0 Å². The topological polar surface area (TPSA) is 60.9 Å². The van der Waals surface area contributed by atoms with Crippen LogP contribution in [0.5, 0.6) is 0 Å². The van der Waals surface area contributed by atoms with Crippen molar-refractivity contribution in [2.45, 2.75) is 70.9 Å². The molecule has 2 amide bonds. The van der Waals surface area contributed by atoms with Crippen LogP contribution in [0.15, 0.2) is 0 Å². The molecule has 0 aromatic rings. The number of amides is 2. The number of carbonyl (C=O) groups excluding carboxylic acids is 1. The van der Waals surface area contributed by atoms with Gasteiger partial charge in [0.1, 0.15) is 5.54 Å². The first-order valence-corrected chi connectivity index (χ1v) is 8.18. The highest BCUT2D eigenvalue weighted by Gasteiger charge is 2.48. The summed E-state index contributed by atoms with van der Waals surface area (Å²) in [6.07, 6.45) is 5.76. The SMILES string of the molecule is CC(C)CN(C(=O)N1CCCC1(C)C(=O)O)C1CCCC1. The van der Waals surface area contributed by atoms with Gasteiger partial charge in [-0.15, -0.1) is 0 Å². The summed E-state index contributed by atoms with van der Waals surface area (Å²) in [6.45, 7) is 7.17. The molecule has 1 saturated heterocycles. The van der Waals surface area contributed by atoms with Crippen molar-refractivity contribution in [2.75, 3.05) is 13.1 Å². The molecule has 5 nitrogen and oxygen atoms in total. The highest BCUT2D eigenvalue weighted by Crippen LogP contribution is 2.33. The van der Waals surface area contributed by atoms with Crippen LogP contribution in [0, 0.1) is 5.92 Å². The standard InChI is InChI=1S/C16H28N2O3/c1-12(2)11-17(13-7-4-5-8-13)15(21)18-10-6-9-16(18,3)14(19)20/h12-13H,4-11H2,1-3H3,(H,19,20). The first-order valence-electron chi connectivity index (χ1n) is 8.18. The van der Waals surface area contributed by atoms with E-state index in [1.165, 1.54) is 12.8 Å². The molecule has 1 saturated carbocycles. The summed E-state index contributed by atoms with van der Waals surface area (Å²) in [5, 5.41) is 9.51. The van der Waals surface area contributed by atoms with Gasteiger partial charge in [0.15, 0.2) is 0 Å². The van der Waals surface area contributed by atoms with Crippen LogP contribution < -0.4 is 0 Å². The van der Waals surface area contributed by atoms with Crippen molar-refractivity contribution in [3.63, 3.8) is 0 Å². The molecular formula is C16H28N2O3. The van der Waals surface area contributed by atoms with Gasteiger partial charge in [0, 0.05) is 19.1 Å². The average molecular weight is 296 g/mol. The third kappa shape index (κ3) is 3.16. The summed E-state index contributed by atoms with van der Waals surface area (Å²) < 4.78 is 0. The zero-order chi connectivity index (χ0) is 15.6. The lowest BCUT2D eigenvalue weighted by Gasteiger charge is -2.39. The molecule has 2 aliphatic rings. The second kappa shape index (κ2) is 6.24. The molecule has 0 aromatic carbocycles. The van der Waals surface area contributed by atoms with Crippen molar-refractivity contribution in [2.24, 2.45) is 5.92 Å². The second-order valence-electron chi connectivity index (χ2n) is 7.10.